The molecule has 0 spiro atoms. The maximum absolute atomic E-state index is 12.9. The van der Waals surface area contributed by atoms with Crippen LogP contribution in [0.4, 0.5) is 0 Å². The van der Waals surface area contributed by atoms with Crippen molar-refractivity contribution in [1.82, 2.24) is 15.2 Å². The van der Waals surface area contributed by atoms with Crippen molar-refractivity contribution >= 4 is 33.4 Å². The molecule has 29 heavy (non-hydrogen) atoms. The van der Waals surface area contributed by atoms with Gasteiger partial charge in [0.1, 0.15) is 0 Å². The first kappa shape index (κ1) is 20.1. The third-order valence-electron chi connectivity index (χ3n) is 5.99. The number of allylic oxidation sites excluding steroid dienone is 2. The molecule has 1 aromatic heterocycles. The van der Waals surface area contributed by atoms with E-state index in [1.54, 1.807) is 11.3 Å². The van der Waals surface area contributed by atoms with E-state index < -0.39 is 0 Å². The van der Waals surface area contributed by atoms with Gasteiger partial charge in [0.15, 0.2) is 0 Å². The quantitative estimate of drug-likeness (QED) is 0.748. The van der Waals surface area contributed by atoms with Gasteiger partial charge < -0.3 is 10.2 Å². The Morgan fingerprint density at radius 3 is 2.62 bits per heavy atom. The van der Waals surface area contributed by atoms with Gasteiger partial charge >= 0.3 is 0 Å². The summed E-state index contributed by atoms with van der Waals surface area (Å²) in [6.45, 7) is 2.14. The number of hydrogen-bond acceptors (Lipinski definition) is 4. The smallest absolute Gasteiger partial charge is 0.224 e. The van der Waals surface area contributed by atoms with Gasteiger partial charge in [0.05, 0.1) is 21.1 Å². The van der Waals surface area contributed by atoms with Crippen LogP contribution in [0, 0.1) is 5.92 Å². The molecule has 0 bridgehead atoms. The maximum Gasteiger partial charge on any atom is 0.224 e. The summed E-state index contributed by atoms with van der Waals surface area (Å²) in [6, 6.07) is 8.13. The second-order valence-corrected chi connectivity index (χ2v) is 9.07. The van der Waals surface area contributed by atoms with Gasteiger partial charge in [0, 0.05) is 32.0 Å². The van der Waals surface area contributed by atoms with Crippen molar-refractivity contribution in [3.05, 3.63) is 41.4 Å². The van der Waals surface area contributed by atoms with E-state index >= 15 is 0 Å². The number of likely N-dealkylation sites (tertiary alicyclic amines) is 1. The zero-order chi connectivity index (χ0) is 20.1. The molecule has 2 aromatic rings. The zero-order valence-corrected chi connectivity index (χ0v) is 17.6. The van der Waals surface area contributed by atoms with Crippen molar-refractivity contribution in [3.8, 4) is 0 Å². The Kier molecular flexibility index (Phi) is 6.60. The molecule has 5 nitrogen and oxygen atoms in total. The van der Waals surface area contributed by atoms with Crippen LogP contribution in [0.15, 0.2) is 36.4 Å². The first-order valence-corrected chi connectivity index (χ1v) is 11.6. The molecule has 2 heterocycles. The molecule has 0 radical (unpaired) electrons. The highest BCUT2D eigenvalue weighted by Gasteiger charge is 2.32. The first-order chi connectivity index (χ1) is 14.2. The number of aromatic nitrogens is 1. The number of nitrogens with zero attached hydrogens (tertiary/aromatic N) is 2. The summed E-state index contributed by atoms with van der Waals surface area (Å²) in [6.07, 6.45) is 10.8. The molecule has 2 atom stereocenters. The molecule has 1 saturated heterocycles. The Labute approximate surface area is 176 Å². The monoisotopic (exact) mass is 411 g/mol. The zero-order valence-electron chi connectivity index (χ0n) is 16.8. The van der Waals surface area contributed by atoms with Crippen molar-refractivity contribution in [1.29, 1.82) is 0 Å². The van der Waals surface area contributed by atoms with Crippen molar-refractivity contribution in [2.45, 2.75) is 50.9 Å². The average molecular weight is 412 g/mol. The SMILES string of the molecule is O=C(NCCC(=O)N1CCCCCC1)C1CC=CCC1c1nc2ccccc2s1. The van der Waals surface area contributed by atoms with E-state index in [1.807, 2.05) is 23.1 Å². The third-order valence-corrected chi connectivity index (χ3v) is 7.16. The van der Waals surface area contributed by atoms with Gasteiger partial charge in [0.25, 0.3) is 0 Å². The molecule has 1 N–H and O–H groups in total. The highest BCUT2D eigenvalue weighted by atomic mass is 32.1. The van der Waals surface area contributed by atoms with E-state index in [0.29, 0.717) is 13.0 Å². The Morgan fingerprint density at radius 1 is 1.07 bits per heavy atom. The molecular weight excluding hydrogens is 382 g/mol. The largest absolute Gasteiger partial charge is 0.355 e. The van der Waals surface area contributed by atoms with Gasteiger partial charge in [0.2, 0.25) is 11.8 Å². The summed E-state index contributed by atoms with van der Waals surface area (Å²) in [7, 11) is 0. The second kappa shape index (κ2) is 9.53. The van der Waals surface area contributed by atoms with Crippen LogP contribution < -0.4 is 5.32 Å². The lowest BCUT2D eigenvalue weighted by molar-refractivity contribution is -0.131. The van der Waals surface area contributed by atoms with E-state index in [1.165, 1.54) is 17.5 Å². The number of rotatable bonds is 5. The van der Waals surface area contributed by atoms with E-state index in [0.717, 1.165) is 49.3 Å². The van der Waals surface area contributed by atoms with Crippen LogP contribution in [0.2, 0.25) is 0 Å². The summed E-state index contributed by atoms with van der Waals surface area (Å²) in [5.41, 5.74) is 1.00. The molecular formula is C23H29N3O2S. The molecule has 6 heteroatoms. The Bertz CT molecular complexity index is 850. The van der Waals surface area contributed by atoms with Crippen LogP contribution in [0.1, 0.15) is 55.9 Å². The minimum atomic E-state index is -0.117. The third kappa shape index (κ3) is 4.86. The normalized spacial score (nSPS) is 22.4. The number of amides is 2. The summed E-state index contributed by atoms with van der Waals surface area (Å²) in [5, 5.41) is 4.07. The molecule has 2 amide bonds. The number of thiazole rings is 1. The summed E-state index contributed by atoms with van der Waals surface area (Å²) >= 11 is 1.69. The molecule has 2 aliphatic rings. The Morgan fingerprint density at radius 2 is 1.83 bits per heavy atom. The summed E-state index contributed by atoms with van der Waals surface area (Å²) in [4.78, 5) is 32.1. The van der Waals surface area contributed by atoms with Gasteiger partial charge in [-0.15, -0.1) is 11.3 Å². The molecule has 1 aromatic carbocycles. The standard InChI is InChI=1S/C23H29N3O2S/c27-21(26-15-7-1-2-8-16-26)13-14-24-22(28)17-9-3-4-10-18(17)23-25-19-11-5-6-12-20(19)29-23/h3-6,11-12,17-18H,1-2,7-10,13-16H2,(H,24,28). The van der Waals surface area contributed by atoms with Crippen molar-refractivity contribution in [2.75, 3.05) is 19.6 Å². The molecule has 0 saturated carbocycles. The average Bonchev–Trinajstić information content (AvgIpc) is 2.99. The van der Waals surface area contributed by atoms with E-state index in [9.17, 15) is 9.59 Å². The fraction of sp³-hybridized carbons (Fsp3) is 0.522. The van der Waals surface area contributed by atoms with Crippen molar-refractivity contribution < 1.29 is 9.59 Å². The van der Waals surface area contributed by atoms with Gasteiger partial charge in [-0.25, -0.2) is 4.98 Å². The number of carbonyl (C=O) groups is 2. The fourth-order valence-electron chi connectivity index (χ4n) is 4.33. The van der Waals surface area contributed by atoms with Gasteiger partial charge in [-0.05, 0) is 37.8 Å². The number of nitrogens with one attached hydrogen (secondary N) is 1. The predicted molar refractivity (Wildman–Crippen MR) is 117 cm³/mol. The van der Waals surface area contributed by atoms with Crippen LogP contribution in [-0.4, -0.2) is 41.3 Å². The van der Waals surface area contributed by atoms with E-state index in [2.05, 4.69) is 23.5 Å². The number of fused-ring (bicyclic) bond motifs is 1. The van der Waals surface area contributed by atoms with Crippen LogP contribution in [-0.2, 0) is 9.59 Å². The van der Waals surface area contributed by atoms with Gasteiger partial charge in [-0.3, -0.25) is 9.59 Å². The first-order valence-electron chi connectivity index (χ1n) is 10.8. The molecule has 1 fully saturated rings. The summed E-state index contributed by atoms with van der Waals surface area (Å²) < 4.78 is 1.17. The lowest BCUT2D eigenvalue weighted by Gasteiger charge is -2.26. The van der Waals surface area contributed by atoms with Crippen LogP contribution in [0.25, 0.3) is 10.2 Å². The lowest BCUT2D eigenvalue weighted by Crippen LogP contribution is -2.38. The minimum Gasteiger partial charge on any atom is -0.355 e. The lowest BCUT2D eigenvalue weighted by atomic mass is 9.82. The molecule has 154 valence electrons. The highest BCUT2D eigenvalue weighted by molar-refractivity contribution is 7.18. The number of carbonyl (C=O) groups excluding carboxylic acids is 2. The van der Waals surface area contributed by atoms with Gasteiger partial charge in [-0.2, -0.15) is 0 Å². The molecule has 4 rings (SSSR count). The Balaban J connectivity index is 1.35. The van der Waals surface area contributed by atoms with Crippen LogP contribution in [0.3, 0.4) is 0 Å². The minimum absolute atomic E-state index is 0.0438. The topological polar surface area (TPSA) is 62.3 Å². The van der Waals surface area contributed by atoms with Gasteiger partial charge in [-0.1, -0.05) is 37.1 Å². The van der Waals surface area contributed by atoms with Crippen LogP contribution >= 0.6 is 11.3 Å². The maximum atomic E-state index is 12.9. The van der Waals surface area contributed by atoms with Crippen LogP contribution in [0.5, 0.6) is 0 Å². The fourth-order valence-corrected chi connectivity index (χ4v) is 5.47. The molecule has 2 unspecified atom stereocenters. The Hall–Kier alpha value is -2.21. The van der Waals surface area contributed by atoms with E-state index in [4.69, 9.17) is 4.98 Å². The van der Waals surface area contributed by atoms with E-state index in [-0.39, 0.29) is 23.7 Å². The number of para-hydroxylation sites is 1. The second-order valence-electron chi connectivity index (χ2n) is 8.01. The number of benzene rings is 1. The molecule has 1 aliphatic heterocycles. The van der Waals surface area contributed by atoms with Crippen molar-refractivity contribution in [2.24, 2.45) is 5.92 Å². The molecule has 1 aliphatic carbocycles. The number of hydrogen-bond donors (Lipinski definition) is 1. The predicted octanol–water partition coefficient (Wildman–Crippen LogP) is 4.26. The van der Waals surface area contributed by atoms with Crippen molar-refractivity contribution in [3.63, 3.8) is 0 Å². The highest BCUT2D eigenvalue weighted by Crippen LogP contribution is 2.38. The summed E-state index contributed by atoms with van der Waals surface area (Å²) in [5.74, 6) is 0.202.